The number of aryl methyl sites for hydroxylation is 1. The number of unbranched alkanes of at least 4 members (excludes halogenated alkanes) is 1. The van der Waals surface area contributed by atoms with Crippen molar-refractivity contribution in [2.75, 3.05) is 6.54 Å². The number of carbonyl (C=O) groups is 1. The van der Waals surface area contributed by atoms with Gasteiger partial charge in [0.25, 0.3) is 5.91 Å². The normalized spacial score (nSPS) is 11.7. The van der Waals surface area contributed by atoms with Gasteiger partial charge in [-0.2, -0.15) is 0 Å². The van der Waals surface area contributed by atoms with Crippen LogP contribution in [-0.2, 0) is 11.2 Å². The highest BCUT2D eigenvalue weighted by molar-refractivity contribution is 6.30. The Morgan fingerprint density at radius 1 is 1.09 bits per heavy atom. The van der Waals surface area contributed by atoms with Crippen molar-refractivity contribution in [1.29, 1.82) is 0 Å². The Morgan fingerprint density at radius 3 is 2.48 bits per heavy atom. The minimum atomic E-state index is -0.523. The number of halogens is 1. The molecule has 2 rings (SSSR count). The molecule has 4 heteroatoms. The highest BCUT2D eigenvalue weighted by Crippen LogP contribution is 2.16. The maximum atomic E-state index is 12.0. The first-order chi connectivity index (χ1) is 11.1. The number of nitrogens with one attached hydrogen (secondary N) is 1. The molecule has 1 unspecified atom stereocenters. The summed E-state index contributed by atoms with van der Waals surface area (Å²) in [6.45, 7) is 2.41. The largest absolute Gasteiger partial charge is 0.481 e. The molecule has 0 aliphatic carbocycles. The summed E-state index contributed by atoms with van der Waals surface area (Å²) in [7, 11) is 0. The van der Waals surface area contributed by atoms with Crippen LogP contribution in [0.1, 0.15) is 25.3 Å². The lowest BCUT2D eigenvalue weighted by Crippen LogP contribution is -2.36. The van der Waals surface area contributed by atoms with E-state index in [0.29, 0.717) is 17.3 Å². The van der Waals surface area contributed by atoms with Crippen LogP contribution in [-0.4, -0.2) is 18.6 Å². The zero-order chi connectivity index (χ0) is 16.5. The molecule has 122 valence electrons. The summed E-state index contributed by atoms with van der Waals surface area (Å²) in [6, 6.07) is 17.4. The van der Waals surface area contributed by atoms with Gasteiger partial charge in [-0.15, -0.1) is 0 Å². The second kappa shape index (κ2) is 9.21. The molecule has 1 N–H and O–H groups in total. The molecule has 0 aliphatic heterocycles. The second-order valence-corrected chi connectivity index (χ2v) is 5.88. The van der Waals surface area contributed by atoms with E-state index in [4.69, 9.17) is 16.3 Å². The van der Waals surface area contributed by atoms with E-state index in [2.05, 4.69) is 17.4 Å². The highest BCUT2D eigenvalue weighted by Gasteiger charge is 2.13. The smallest absolute Gasteiger partial charge is 0.260 e. The first kappa shape index (κ1) is 17.4. The number of hydrogen-bond acceptors (Lipinski definition) is 2. The van der Waals surface area contributed by atoms with Gasteiger partial charge in [-0.05, 0) is 56.0 Å². The number of ether oxygens (including phenoxy) is 1. The number of rotatable bonds is 8. The van der Waals surface area contributed by atoms with E-state index < -0.39 is 6.10 Å². The van der Waals surface area contributed by atoms with Crippen molar-refractivity contribution in [3.63, 3.8) is 0 Å². The molecule has 0 fully saturated rings. The Hall–Kier alpha value is -2.00. The van der Waals surface area contributed by atoms with Crippen molar-refractivity contribution >= 4 is 17.5 Å². The Kier molecular flexibility index (Phi) is 6.95. The first-order valence-corrected chi connectivity index (χ1v) is 8.27. The Labute approximate surface area is 142 Å². The summed E-state index contributed by atoms with van der Waals surface area (Å²) >= 11 is 5.82. The Bertz CT molecular complexity index is 599. The summed E-state index contributed by atoms with van der Waals surface area (Å²) in [6.07, 6.45) is 2.52. The molecular formula is C19H22ClNO2. The van der Waals surface area contributed by atoms with Crippen molar-refractivity contribution in [2.45, 2.75) is 32.3 Å². The van der Waals surface area contributed by atoms with Gasteiger partial charge in [0, 0.05) is 11.6 Å². The lowest BCUT2D eigenvalue weighted by Gasteiger charge is -2.14. The SMILES string of the molecule is CC(Oc1ccc(Cl)cc1)C(=O)NCCCCc1ccccc1. The fourth-order valence-corrected chi connectivity index (χ4v) is 2.35. The highest BCUT2D eigenvalue weighted by atomic mass is 35.5. The summed E-state index contributed by atoms with van der Waals surface area (Å²) in [4.78, 5) is 12.0. The van der Waals surface area contributed by atoms with E-state index >= 15 is 0 Å². The predicted molar refractivity (Wildman–Crippen MR) is 93.9 cm³/mol. The van der Waals surface area contributed by atoms with Crippen molar-refractivity contribution in [3.05, 3.63) is 65.2 Å². The average molecular weight is 332 g/mol. The molecule has 0 aliphatic rings. The Morgan fingerprint density at radius 2 is 1.78 bits per heavy atom. The molecule has 0 bridgehead atoms. The van der Waals surface area contributed by atoms with Gasteiger partial charge in [-0.1, -0.05) is 41.9 Å². The minimum Gasteiger partial charge on any atom is -0.481 e. The predicted octanol–water partition coefficient (Wildman–Crippen LogP) is 4.25. The molecule has 23 heavy (non-hydrogen) atoms. The minimum absolute atomic E-state index is 0.0975. The molecular weight excluding hydrogens is 310 g/mol. The van der Waals surface area contributed by atoms with Crippen LogP contribution in [0.5, 0.6) is 5.75 Å². The lowest BCUT2D eigenvalue weighted by atomic mass is 10.1. The summed E-state index contributed by atoms with van der Waals surface area (Å²) in [5.41, 5.74) is 1.33. The van der Waals surface area contributed by atoms with Gasteiger partial charge in [0.2, 0.25) is 0 Å². The molecule has 0 saturated heterocycles. The fourth-order valence-electron chi connectivity index (χ4n) is 2.22. The fraction of sp³-hybridized carbons (Fsp3) is 0.316. The van der Waals surface area contributed by atoms with E-state index in [1.54, 1.807) is 31.2 Å². The van der Waals surface area contributed by atoms with Gasteiger partial charge in [0.15, 0.2) is 6.10 Å². The molecule has 0 saturated carbocycles. The van der Waals surface area contributed by atoms with Gasteiger partial charge in [0.1, 0.15) is 5.75 Å². The van der Waals surface area contributed by atoms with Crippen molar-refractivity contribution < 1.29 is 9.53 Å². The van der Waals surface area contributed by atoms with Crippen LogP contribution in [0, 0.1) is 0 Å². The van der Waals surface area contributed by atoms with Gasteiger partial charge >= 0.3 is 0 Å². The maximum absolute atomic E-state index is 12.0. The van der Waals surface area contributed by atoms with Gasteiger partial charge in [-0.3, -0.25) is 4.79 Å². The third-order valence-electron chi connectivity index (χ3n) is 3.53. The quantitative estimate of drug-likeness (QED) is 0.734. The van der Waals surface area contributed by atoms with Crippen molar-refractivity contribution in [2.24, 2.45) is 0 Å². The third-order valence-corrected chi connectivity index (χ3v) is 3.78. The number of benzene rings is 2. The number of hydrogen-bond donors (Lipinski definition) is 1. The molecule has 0 aromatic heterocycles. The van der Waals surface area contributed by atoms with E-state index in [1.165, 1.54) is 5.56 Å². The first-order valence-electron chi connectivity index (χ1n) is 7.89. The van der Waals surface area contributed by atoms with Crippen LogP contribution < -0.4 is 10.1 Å². The standard InChI is InChI=1S/C19H22ClNO2/c1-15(23-18-12-10-17(20)11-13-18)19(22)21-14-6-5-9-16-7-3-2-4-8-16/h2-4,7-8,10-13,15H,5-6,9,14H2,1H3,(H,21,22). The van der Waals surface area contributed by atoms with Crippen LogP contribution in [0.15, 0.2) is 54.6 Å². The molecule has 0 spiro atoms. The van der Waals surface area contributed by atoms with Crippen molar-refractivity contribution in [3.8, 4) is 5.75 Å². The van der Waals surface area contributed by atoms with Crippen molar-refractivity contribution in [1.82, 2.24) is 5.32 Å². The number of carbonyl (C=O) groups excluding carboxylic acids is 1. The molecule has 3 nitrogen and oxygen atoms in total. The van der Waals surface area contributed by atoms with Crippen LogP contribution in [0.3, 0.4) is 0 Å². The maximum Gasteiger partial charge on any atom is 0.260 e. The lowest BCUT2D eigenvalue weighted by molar-refractivity contribution is -0.127. The van der Waals surface area contributed by atoms with E-state index in [-0.39, 0.29) is 5.91 Å². The summed E-state index contributed by atoms with van der Waals surface area (Å²) in [5, 5.41) is 3.56. The third kappa shape index (κ3) is 6.33. The Balaban J connectivity index is 1.63. The van der Waals surface area contributed by atoms with Crippen LogP contribution in [0.4, 0.5) is 0 Å². The summed E-state index contributed by atoms with van der Waals surface area (Å²) < 4.78 is 5.59. The molecule has 1 amide bonds. The number of amides is 1. The van der Waals surface area contributed by atoms with Crippen LogP contribution in [0.2, 0.25) is 5.02 Å². The van der Waals surface area contributed by atoms with E-state index in [1.807, 2.05) is 18.2 Å². The molecule has 2 aromatic carbocycles. The molecule has 2 aromatic rings. The zero-order valence-corrected chi connectivity index (χ0v) is 14.1. The molecule has 1 atom stereocenters. The van der Waals surface area contributed by atoms with Gasteiger partial charge in [-0.25, -0.2) is 0 Å². The molecule has 0 heterocycles. The monoisotopic (exact) mass is 331 g/mol. The van der Waals surface area contributed by atoms with Gasteiger partial charge in [0.05, 0.1) is 0 Å². The van der Waals surface area contributed by atoms with E-state index in [9.17, 15) is 4.79 Å². The van der Waals surface area contributed by atoms with E-state index in [0.717, 1.165) is 19.3 Å². The van der Waals surface area contributed by atoms with Crippen LogP contribution in [0.25, 0.3) is 0 Å². The zero-order valence-electron chi connectivity index (χ0n) is 13.3. The molecule has 0 radical (unpaired) electrons. The average Bonchev–Trinajstić information content (AvgIpc) is 2.57. The second-order valence-electron chi connectivity index (χ2n) is 5.45. The summed E-state index contributed by atoms with van der Waals surface area (Å²) in [5.74, 6) is 0.542. The van der Waals surface area contributed by atoms with Gasteiger partial charge < -0.3 is 10.1 Å². The topological polar surface area (TPSA) is 38.3 Å². The van der Waals surface area contributed by atoms with Crippen LogP contribution >= 0.6 is 11.6 Å².